The predicted octanol–water partition coefficient (Wildman–Crippen LogP) is -3.63. The van der Waals surface area contributed by atoms with Gasteiger partial charge in [-0.15, -0.1) is 0 Å². The summed E-state index contributed by atoms with van der Waals surface area (Å²) >= 11 is 0. The molecule has 0 spiro atoms. The number of allylic oxidation sites excluding steroid dienone is 1. The van der Waals surface area contributed by atoms with Crippen LogP contribution in [0, 0.1) is 0 Å². The van der Waals surface area contributed by atoms with Crippen molar-refractivity contribution in [2.24, 2.45) is 4.99 Å². The topological polar surface area (TPSA) is 24.4 Å². The fourth-order valence-electron chi connectivity index (χ4n) is 1.29. The molecule has 12 radical (unpaired) electrons. The molecule has 0 aliphatic carbocycles. The van der Waals surface area contributed by atoms with Crippen molar-refractivity contribution in [3.63, 3.8) is 0 Å². The van der Waals surface area contributed by atoms with E-state index < -0.39 is 25.5 Å². The van der Waals surface area contributed by atoms with E-state index >= 15 is 0 Å². The highest BCUT2D eigenvalue weighted by molar-refractivity contribution is 8.00. The third-order valence-corrected chi connectivity index (χ3v) is 2.27. The van der Waals surface area contributed by atoms with Gasteiger partial charge in [-0.3, -0.25) is 4.99 Å². The number of hydrogen-bond acceptors (Lipinski definition) is 2. The minimum atomic E-state index is -0.667. The molecule has 17 heavy (non-hydrogen) atoms. The van der Waals surface area contributed by atoms with E-state index in [-0.39, 0.29) is 0 Å². The third-order valence-electron chi connectivity index (χ3n) is 2.27. The lowest BCUT2D eigenvalue weighted by Gasteiger charge is -2.23. The van der Waals surface area contributed by atoms with Gasteiger partial charge in [0.05, 0.1) is 6.54 Å². The molecule has 68 valence electrons. The highest BCUT2D eigenvalue weighted by Gasteiger charge is 2.24. The second-order valence-electron chi connectivity index (χ2n) is 3.71. The summed E-state index contributed by atoms with van der Waals surface area (Å²) in [6.07, 6.45) is 1.43. The van der Waals surface area contributed by atoms with Crippen LogP contribution in [0.5, 0.6) is 0 Å². The van der Waals surface area contributed by atoms with E-state index in [0.29, 0.717) is 0 Å². The molecule has 0 aromatic heterocycles. The molecule has 0 saturated heterocycles. The monoisotopic (exact) mass is 206 g/mol. The average molecular weight is 204 g/mol. The fraction of sp³-hybridized carbons (Fsp3) is 0.400. The molecular weight excluding hydrogens is 196 g/mol. The second kappa shape index (κ2) is 8.88. The van der Waals surface area contributed by atoms with Gasteiger partial charge in [-0.25, -0.2) is 0 Å². The van der Waals surface area contributed by atoms with Crippen LogP contribution in [0.15, 0.2) is 16.8 Å². The van der Waals surface area contributed by atoms with Crippen LogP contribution in [-0.2, 0) is 0 Å². The first-order valence-electron chi connectivity index (χ1n) is 5.31. The number of aliphatic imine (C=N–C) groups is 1. The molecule has 0 saturated carbocycles. The number of hydrogen-bond donors (Lipinski definition) is 1. The average Bonchev–Trinajstić information content (AvgIpc) is 2.68. The standard InChI is InChI=1S/C5H8N2.B10/c1-6-5-2-3-7-4-5;1-7(2)10(8(3)4)9(5)6/h2,4,6H,3H2,1H3;. The molecule has 0 aromatic rings. The van der Waals surface area contributed by atoms with Crippen molar-refractivity contribution >= 4 is 78.2 Å². The highest BCUT2D eigenvalue weighted by atomic mass is 14.9. The number of nitrogens with one attached hydrogen (secondary N) is 1. The molecule has 0 unspecified atom stereocenters. The SMILES string of the molecule is CNC1=CCN=C1.[B]B([B])B(B([B])[B])B([B])[B]. The van der Waals surface area contributed by atoms with Crippen LogP contribution in [-0.4, -0.2) is 91.8 Å². The summed E-state index contributed by atoms with van der Waals surface area (Å²) in [7, 11) is 33.7. The normalized spacial score (nSPS) is 11.9. The first-order chi connectivity index (χ1) is 7.90. The molecule has 1 heterocycles. The maximum absolute atomic E-state index is 5.30. The lowest BCUT2D eigenvalue weighted by Crippen LogP contribution is -2.62. The maximum atomic E-state index is 5.30. The summed E-state index contributed by atoms with van der Waals surface area (Å²) in [5, 5.41) is 2.98. The zero-order chi connectivity index (χ0) is 13.4. The van der Waals surface area contributed by atoms with E-state index in [1.54, 1.807) is 0 Å². The van der Waals surface area contributed by atoms with E-state index in [2.05, 4.69) is 10.3 Å². The minimum absolute atomic E-state index is 0.444. The first kappa shape index (κ1) is 16.9. The molecule has 0 bridgehead atoms. The zero-order valence-corrected chi connectivity index (χ0v) is 10.1. The Morgan fingerprint density at radius 2 is 1.53 bits per heavy atom. The Balaban J connectivity index is 0.000000318. The molecule has 1 aliphatic rings. The van der Waals surface area contributed by atoms with E-state index in [4.69, 9.17) is 46.4 Å². The molecule has 1 N–H and O–H groups in total. The van der Waals surface area contributed by atoms with Gasteiger partial charge in [0, 0.05) is 90.9 Å². The third kappa shape index (κ3) is 7.00. The Labute approximate surface area is 114 Å². The van der Waals surface area contributed by atoms with E-state index in [1.165, 1.54) is 0 Å². The van der Waals surface area contributed by atoms with Crippen LogP contribution in [0.2, 0.25) is 0 Å². The largest absolute Gasteiger partial charge is 0.387 e. The molecule has 12 heteroatoms. The summed E-state index contributed by atoms with van der Waals surface area (Å²) < 4.78 is 0. The predicted molar refractivity (Wildman–Crippen MR) is 88.0 cm³/mol. The van der Waals surface area contributed by atoms with Gasteiger partial charge in [-0.1, -0.05) is 0 Å². The van der Waals surface area contributed by atoms with Crippen molar-refractivity contribution in [2.75, 3.05) is 13.6 Å². The van der Waals surface area contributed by atoms with Gasteiger partial charge < -0.3 is 5.32 Å². The first-order valence-corrected chi connectivity index (χ1v) is 5.31. The van der Waals surface area contributed by atoms with Crippen LogP contribution in [0.3, 0.4) is 0 Å². The summed E-state index contributed by atoms with van der Waals surface area (Å²) in [6.45, 7) is 0.843. The van der Waals surface area contributed by atoms with Crippen molar-refractivity contribution < 1.29 is 0 Å². The summed E-state index contributed by atoms with van der Waals surface area (Å²) in [5.74, 6) is 0. The molecule has 0 atom stereocenters. The highest BCUT2D eigenvalue weighted by Crippen LogP contribution is 1.90. The minimum Gasteiger partial charge on any atom is -0.387 e. The van der Waals surface area contributed by atoms with Gasteiger partial charge in [0.2, 0.25) is 0 Å². The van der Waals surface area contributed by atoms with Gasteiger partial charge in [-0.05, 0) is 6.08 Å². The van der Waals surface area contributed by atoms with E-state index in [1.807, 2.05) is 19.3 Å². The molecular formula is C5H8B10N2. The van der Waals surface area contributed by atoms with Crippen LogP contribution in [0.4, 0.5) is 0 Å². The molecule has 1 aliphatic heterocycles. The van der Waals surface area contributed by atoms with Gasteiger partial charge >= 0.3 is 0 Å². The van der Waals surface area contributed by atoms with Crippen LogP contribution < -0.4 is 5.32 Å². The van der Waals surface area contributed by atoms with E-state index in [9.17, 15) is 0 Å². The zero-order valence-electron chi connectivity index (χ0n) is 10.1. The molecule has 0 aromatic carbocycles. The summed E-state index contributed by atoms with van der Waals surface area (Å²) in [6, 6.07) is 0. The summed E-state index contributed by atoms with van der Waals surface area (Å²) in [4.78, 5) is 3.96. The molecule has 2 nitrogen and oxygen atoms in total. The lowest BCUT2D eigenvalue weighted by molar-refractivity contribution is 1.06. The van der Waals surface area contributed by atoms with Crippen molar-refractivity contribution in [2.45, 2.75) is 0 Å². The Hall–Kier alpha value is -0.141. The van der Waals surface area contributed by atoms with Gasteiger partial charge in [0.1, 0.15) is 0 Å². The van der Waals surface area contributed by atoms with Gasteiger partial charge in [-0.2, -0.15) is 0 Å². The number of nitrogens with zero attached hydrogens (tertiary/aromatic N) is 1. The second-order valence-corrected chi connectivity index (χ2v) is 3.71. The van der Waals surface area contributed by atoms with Crippen molar-refractivity contribution in [3.05, 3.63) is 11.8 Å². The molecule has 0 amide bonds. The summed E-state index contributed by atoms with van der Waals surface area (Å²) in [5.41, 5.74) is 1.13. The van der Waals surface area contributed by atoms with Crippen LogP contribution >= 0.6 is 0 Å². The number of rotatable bonds is 4. The van der Waals surface area contributed by atoms with Crippen molar-refractivity contribution in [3.8, 4) is 0 Å². The quantitative estimate of drug-likeness (QED) is 0.470. The van der Waals surface area contributed by atoms with Crippen molar-refractivity contribution in [1.29, 1.82) is 0 Å². The Bertz CT molecular complexity index is 244. The lowest BCUT2D eigenvalue weighted by atomic mass is 8.58. The molecule has 1 rings (SSSR count). The Morgan fingerprint density at radius 1 is 1.06 bits per heavy atom. The van der Waals surface area contributed by atoms with Gasteiger partial charge in [0.15, 0.2) is 0 Å². The molecule has 0 fully saturated rings. The maximum Gasteiger partial charge on any atom is 0.0594 e. The fourth-order valence-corrected chi connectivity index (χ4v) is 1.29. The van der Waals surface area contributed by atoms with Gasteiger partial charge in [0.25, 0.3) is 0 Å². The van der Waals surface area contributed by atoms with Crippen molar-refractivity contribution in [1.82, 2.24) is 5.32 Å². The van der Waals surface area contributed by atoms with Crippen LogP contribution in [0.1, 0.15) is 0 Å². The Kier molecular flexibility index (Phi) is 8.81. The van der Waals surface area contributed by atoms with E-state index in [0.717, 1.165) is 12.2 Å². The van der Waals surface area contributed by atoms with Crippen LogP contribution in [0.25, 0.3) is 0 Å². The smallest absolute Gasteiger partial charge is 0.0594 e. The Morgan fingerprint density at radius 3 is 1.65 bits per heavy atom.